The van der Waals surface area contributed by atoms with E-state index < -0.39 is 18.2 Å². The minimum Gasteiger partial charge on any atom is -0.477 e. The molecule has 1 unspecified atom stereocenters. The number of hydrogen-bond donors (Lipinski definition) is 2. The van der Waals surface area contributed by atoms with Gasteiger partial charge in [0.1, 0.15) is 23.2 Å². The average molecular weight is 478 g/mol. The lowest BCUT2D eigenvalue weighted by molar-refractivity contribution is 0.0690. The summed E-state index contributed by atoms with van der Waals surface area (Å²) >= 11 is 6.19. The van der Waals surface area contributed by atoms with Crippen molar-refractivity contribution in [1.29, 1.82) is 0 Å². The first-order chi connectivity index (χ1) is 16.3. The third-order valence-electron chi connectivity index (χ3n) is 5.13. The fourth-order valence-corrected chi connectivity index (χ4v) is 3.67. The number of carboxylic acids is 1. The number of anilines is 1. The van der Waals surface area contributed by atoms with Crippen molar-refractivity contribution in [2.24, 2.45) is 0 Å². The topological polar surface area (TPSA) is 115 Å². The second-order valence-corrected chi connectivity index (χ2v) is 7.86. The summed E-state index contributed by atoms with van der Waals surface area (Å²) in [7, 11) is 0. The number of halogens is 1. The van der Waals surface area contributed by atoms with Gasteiger partial charge in [0.15, 0.2) is 5.76 Å². The Hall–Kier alpha value is -4.17. The number of benzene rings is 2. The van der Waals surface area contributed by atoms with Crippen molar-refractivity contribution < 1.29 is 24.0 Å². The van der Waals surface area contributed by atoms with Gasteiger partial charge in [0, 0.05) is 21.7 Å². The highest BCUT2D eigenvalue weighted by Gasteiger charge is 2.21. The van der Waals surface area contributed by atoms with Gasteiger partial charge in [-0.25, -0.2) is 14.6 Å². The smallest absolute Gasteiger partial charge is 0.412 e. The zero-order chi connectivity index (χ0) is 24.2. The minimum absolute atomic E-state index is 0.0385. The molecule has 1 atom stereocenters. The number of aromatic nitrogens is 2. The van der Waals surface area contributed by atoms with Crippen LogP contribution in [0.2, 0.25) is 5.02 Å². The van der Waals surface area contributed by atoms with Crippen LogP contribution < -0.4 is 5.32 Å². The van der Waals surface area contributed by atoms with Crippen molar-refractivity contribution in [1.82, 2.24) is 10.1 Å². The summed E-state index contributed by atoms with van der Waals surface area (Å²) in [6.07, 6.45) is -1.24. The number of aromatic carboxylic acids is 1. The van der Waals surface area contributed by atoms with Crippen molar-refractivity contribution in [2.45, 2.75) is 20.0 Å². The van der Waals surface area contributed by atoms with E-state index in [1.807, 2.05) is 6.07 Å². The van der Waals surface area contributed by atoms with Gasteiger partial charge in [-0.1, -0.05) is 65.3 Å². The normalized spacial score (nSPS) is 11.6. The SMILES string of the molecule is Cc1noc(-c2ccc(-c3cccc(C(=O)O)n3)cc2)c1NC(=O)OC(C)c1ccccc1Cl. The molecule has 4 rings (SSSR count). The summed E-state index contributed by atoms with van der Waals surface area (Å²) in [6, 6.07) is 19.0. The van der Waals surface area contributed by atoms with Crippen molar-refractivity contribution in [3.63, 3.8) is 0 Å². The molecule has 0 saturated heterocycles. The van der Waals surface area contributed by atoms with E-state index in [1.165, 1.54) is 6.07 Å². The molecule has 0 bridgehead atoms. The quantitative estimate of drug-likeness (QED) is 0.331. The van der Waals surface area contributed by atoms with E-state index in [9.17, 15) is 9.59 Å². The first kappa shape index (κ1) is 23.0. The fourth-order valence-electron chi connectivity index (χ4n) is 3.38. The monoisotopic (exact) mass is 477 g/mol. The molecule has 34 heavy (non-hydrogen) atoms. The molecule has 0 radical (unpaired) electrons. The van der Waals surface area contributed by atoms with Gasteiger partial charge in [0.2, 0.25) is 0 Å². The molecular formula is C25H20ClN3O5. The first-order valence-electron chi connectivity index (χ1n) is 10.3. The number of carbonyl (C=O) groups excluding carboxylic acids is 1. The van der Waals surface area contributed by atoms with E-state index in [-0.39, 0.29) is 5.69 Å². The Bertz CT molecular complexity index is 1350. The Kier molecular flexibility index (Phi) is 6.60. The predicted octanol–water partition coefficient (Wildman–Crippen LogP) is 6.37. The lowest BCUT2D eigenvalue weighted by atomic mass is 10.1. The molecule has 1 amide bonds. The van der Waals surface area contributed by atoms with Crippen LogP contribution in [0.5, 0.6) is 0 Å². The maximum Gasteiger partial charge on any atom is 0.412 e. The highest BCUT2D eigenvalue weighted by Crippen LogP contribution is 2.33. The van der Waals surface area contributed by atoms with Gasteiger partial charge in [-0.05, 0) is 32.0 Å². The lowest BCUT2D eigenvalue weighted by Crippen LogP contribution is -2.17. The average Bonchev–Trinajstić information content (AvgIpc) is 3.19. The molecule has 2 heterocycles. The third kappa shape index (κ3) is 4.92. The molecule has 0 saturated carbocycles. The Balaban J connectivity index is 1.52. The standard InChI is InChI=1S/C25H20ClN3O5/c1-14-22(28-25(32)33-15(2)18-6-3-4-7-19(18)26)23(34-29-14)17-12-10-16(11-13-17)20-8-5-9-21(27-20)24(30)31/h3-13,15H,1-2H3,(H,28,32)(H,30,31). The maximum atomic E-state index is 12.6. The number of nitrogens with one attached hydrogen (secondary N) is 1. The number of ether oxygens (including phenoxy) is 1. The van der Waals surface area contributed by atoms with Gasteiger partial charge < -0.3 is 14.4 Å². The summed E-state index contributed by atoms with van der Waals surface area (Å²) < 4.78 is 10.9. The largest absolute Gasteiger partial charge is 0.477 e. The molecule has 2 aromatic heterocycles. The zero-order valence-corrected chi connectivity index (χ0v) is 19.0. The zero-order valence-electron chi connectivity index (χ0n) is 18.3. The van der Waals surface area contributed by atoms with Crippen LogP contribution in [-0.2, 0) is 4.74 Å². The summed E-state index contributed by atoms with van der Waals surface area (Å²) in [4.78, 5) is 27.9. The molecule has 0 aliphatic carbocycles. The van der Waals surface area contributed by atoms with Gasteiger partial charge in [-0.15, -0.1) is 0 Å². The van der Waals surface area contributed by atoms with Crippen molar-refractivity contribution >= 4 is 29.4 Å². The van der Waals surface area contributed by atoms with Crippen LogP contribution in [0.4, 0.5) is 10.5 Å². The molecule has 8 nitrogen and oxygen atoms in total. The number of carbonyl (C=O) groups is 2. The van der Waals surface area contributed by atoms with Crippen LogP contribution in [0.25, 0.3) is 22.6 Å². The van der Waals surface area contributed by atoms with Crippen molar-refractivity contribution in [3.8, 4) is 22.6 Å². The molecule has 0 aliphatic rings. The van der Waals surface area contributed by atoms with Crippen LogP contribution in [0, 0.1) is 6.92 Å². The number of nitrogens with zero attached hydrogens (tertiary/aromatic N) is 2. The molecule has 2 aromatic carbocycles. The highest BCUT2D eigenvalue weighted by atomic mass is 35.5. The summed E-state index contributed by atoms with van der Waals surface area (Å²) in [5, 5.41) is 16.3. The van der Waals surface area contributed by atoms with Crippen LogP contribution in [0.3, 0.4) is 0 Å². The van der Waals surface area contributed by atoms with Crippen LogP contribution in [-0.4, -0.2) is 27.3 Å². The van der Waals surface area contributed by atoms with Gasteiger partial charge in [-0.3, -0.25) is 5.32 Å². The van der Waals surface area contributed by atoms with Crippen LogP contribution in [0.15, 0.2) is 71.3 Å². The number of pyridine rings is 1. The molecule has 4 aromatic rings. The Morgan fingerprint density at radius 2 is 1.74 bits per heavy atom. The molecule has 9 heteroatoms. The molecule has 172 valence electrons. The van der Waals surface area contributed by atoms with Gasteiger partial charge >= 0.3 is 12.1 Å². The molecule has 0 aliphatic heterocycles. The van der Waals surface area contributed by atoms with Gasteiger partial charge in [-0.2, -0.15) is 0 Å². The van der Waals surface area contributed by atoms with Crippen LogP contribution in [0.1, 0.15) is 34.8 Å². The summed E-state index contributed by atoms with van der Waals surface area (Å²) in [5.74, 6) is -0.735. The molecule has 0 fully saturated rings. The third-order valence-corrected chi connectivity index (χ3v) is 5.47. The summed E-state index contributed by atoms with van der Waals surface area (Å²) in [6.45, 7) is 3.43. The maximum absolute atomic E-state index is 12.6. The van der Waals surface area contributed by atoms with E-state index in [0.29, 0.717) is 39.0 Å². The second-order valence-electron chi connectivity index (χ2n) is 7.46. The minimum atomic E-state index is -1.10. The van der Waals surface area contributed by atoms with E-state index >= 15 is 0 Å². The molecule has 0 spiro atoms. The number of aryl methyl sites for hydroxylation is 1. The number of carboxylic acid groups (broad SMARTS) is 1. The van der Waals surface area contributed by atoms with Crippen molar-refractivity contribution in [3.05, 3.63) is 88.7 Å². The van der Waals surface area contributed by atoms with E-state index in [1.54, 1.807) is 68.4 Å². The highest BCUT2D eigenvalue weighted by molar-refractivity contribution is 6.31. The van der Waals surface area contributed by atoms with Crippen LogP contribution >= 0.6 is 11.6 Å². The van der Waals surface area contributed by atoms with E-state index in [0.717, 1.165) is 5.56 Å². The Morgan fingerprint density at radius 1 is 1.03 bits per heavy atom. The van der Waals surface area contributed by atoms with E-state index in [2.05, 4.69) is 15.5 Å². The van der Waals surface area contributed by atoms with E-state index in [4.69, 9.17) is 26.0 Å². The number of rotatable bonds is 6. The summed E-state index contributed by atoms with van der Waals surface area (Å²) in [5.41, 5.74) is 3.43. The Morgan fingerprint density at radius 3 is 2.44 bits per heavy atom. The fraction of sp³-hybridized carbons (Fsp3) is 0.120. The molecule has 2 N–H and O–H groups in total. The number of amides is 1. The number of hydrogen-bond acceptors (Lipinski definition) is 6. The first-order valence-corrected chi connectivity index (χ1v) is 10.7. The van der Waals surface area contributed by atoms with Gasteiger partial charge in [0.25, 0.3) is 0 Å². The lowest BCUT2D eigenvalue weighted by Gasteiger charge is -2.15. The second kappa shape index (κ2) is 9.76. The Labute approximate surface area is 200 Å². The van der Waals surface area contributed by atoms with Crippen molar-refractivity contribution in [2.75, 3.05) is 5.32 Å². The predicted molar refractivity (Wildman–Crippen MR) is 127 cm³/mol. The molecular weight excluding hydrogens is 458 g/mol. The van der Waals surface area contributed by atoms with Gasteiger partial charge in [0.05, 0.1) is 5.69 Å².